The summed E-state index contributed by atoms with van der Waals surface area (Å²) in [5.41, 5.74) is 0. The Morgan fingerprint density at radius 3 is 2.61 bits per heavy atom. The lowest BCUT2D eigenvalue weighted by Gasteiger charge is -2.22. The largest absolute Gasteiger partial charge is 0.455 e. The highest BCUT2D eigenvalue weighted by Gasteiger charge is 2.17. The Bertz CT molecular complexity index is 702. The summed E-state index contributed by atoms with van der Waals surface area (Å²) in [4.78, 5) is 46.7. The molecule has 0 spiro atoms. The number of imide groups is 1. The molecule has 0 atom stereocenters. The van der Waals surface area contributed by atoms with E-state index in [-0.39, 0.29) is 23.5 Å². The normalized spacial score (nSPS) is 14.2. The molecule has 10 nitrogen and oxygen atoms in total. The minimum Gasteiger partial charge on any atom is -0.455 e. The van der Waals surface area contributed by atoms with Gasteiger partial charge in [-0.05, 0) is 19.8 Å². The van der Waals surface area contributed by atoms with Gasteiger partial charge >= 0.3 is 12.0 Å². The highest BCUT2D eigenvalue weighted by Crippen LogP contribution is 2.17. The van der Waals surface area contributed by atoms with Gasteiger partial charge < -0.3 is 19.9 Å². The zero-order chi connectivity index (χ0) is 20.4. The average molecular weight is 412 g/mol. The van der Waals surface area contributed by atoms with Crippen LogP contribution in [-0.4, -0.2) is 53.1 Å². The number of carbonyl (C=O) groups excluding carboxylic acids is 4. The fraction of sp³-hybridized carbons (Fsp3) is 0.588. The van der Waals surface area contributed by atoms with Gasteiger partial charge in [0.1, 0.15) is 5.76 Å². The molecule has 3 N–H and O–H groups in total. The van der Waals surface area contributed by atoms with Gasteiger partial charge in [-0.1, -0.05) is 24.4 Å². The van der Waals surface area contributed by atoms with Crippen molar-refractivity contribution in [3.05, 3.63) is 11.8 Å². The van der Waals surface area contributed by atoms with Crippen LogP contribution in [-0.2, 0) is 19.1 Å². The van der Waals surface area contributed by atoms with E-state index in [0.717, 1.165) is 43.9 Å². The lowest BCUT2D eigenvalue weighted by molar-refractivity contribution is -0.145. The monoisotopic (exact) mass is 412 g/mol. The zero-order valence-corrected chi connectivity index (χ0v) is 16.4. The van der Waals surface area contributed by atoms with E-state index >= 15 is 0 Å². The third-order valence-electron chi connectivity index (χ3n) is 3.91. The molecule has 1 aromatic rings. The maximum Gasteiger partial charge on any atom is 0.321 e. The van der Waals surface area contributed by atoms with Gasteiger partial charge in [0.25, 0.3) is 5.91 Å². The van der Waals surface area contributed by atoms with Crippen LogP contribution in [0.25, 0.3) is 0 Å². The van der Waals surface area contributed by atoms with Crippen LogP contribution in [0.5, 0.6) is 0 Å². The lowest BCUT2D eigenvalue weighted by atomic mass is 9.96. The van der Waals surface area contributed by atoms with Gasteiger partial charge in [0, 0.05) is 12.1 Å². The number of nitrogens with one attached hydrogen (secondary N) is 3. The van der Waals surface area contributed by atoms with Crippen molar-refractivity contribution in [3.63, 3.8) is 0 Å². The minimum absolute atomic E-state index is 0.0109. The Labute approximate surface area is 166 Å². The molecule has 0 aliphatic heterocycles. The van der Waals surface area contributed by atoms with Crippen molar-refractivity contribution < 1.29 is 28.4 Å². The number of aryl methyl sites for hydroxylation is 1. The van der Waals surface area contributed by atoms with Crippen LogP contribution in [0.2, 0.25) is 0 Å². The Morgan fingerprint density at radius 2 is 1.93 bits per heavy atom. The fourth-order valence-electron chi connectivity index (χ4n) is 2.65. The summed E-state index contributed by atoms with van der Waals surface area (Å²) in [6.45, 7) is 1.14. The van der Waals surface area contributed by atoms with Crippen molar-refractivity contribution in [2.75, 3.05) is 23.4 Å². The molecule has 0 radical (unpaired) electrons. The Morgan fingerprint density at radius 1 is 1.18 bits per heavy atom. The number of amides is 4. The molecule has 0 unspecified atom stereocenters. The molecule has 0 saturated heterocycles. The summed E-state index contributed by atoms with van der Waals surface area (Å²) in [6.07, 6.45) is 5.08. The summed E-state index contributed by atoms with van der Waals surface area (Å²) in [5.74, 6) is -0.929. The first-order valence-corrected chi connectivity index (χ1v) is 10.1. The SMILES string of the molecule is Cc1cc(NC(=O)CSCC(=O)OCC(=O)NC(=O)NC2CCCCC2)no1. The van der Waals surface area contributed by atoms with E-state index < -0.39 is 24.5 Å². The van der Waals surface area contributed by atoms with Crippen molar-refractivity contribution in [3.8, 4) is 0 Å². The number of hydrogen-bond donors (Lipinski definition) is 3. The number of carbonyl (C=O) groups is 4. The van der Waals surface area contributed by atoms with Gasteiger partial charge in [0.2, 0.25) is 5.91 Å². The van der Waals surface area contributed by atoms with Crippen molar-refractivity contribution >= 4 is 41.4 Å². The van der Waals surface area contributed by atoms with E-state index in [0.29, 0.717) is 11.6 Å². The molecule has 154 valence electrons. The molecular formula is C17H24N4O6S. The van der Waals surface area contributed by atoms with E-state index in [2.05, 4.69) is 21.1 Å². The van der Waals surface area contributed by atoms with Crippen molar-refractivity contribution in [2.45, 2.75) is 45.1 Å². The van der Waals surface area contributed by atoms with E-state index in [1.807, 2.05) is 0 Å². The second kappa shape index (κ2) is 11.3. The van der Waals surface area contributed by atoms with Gasteiger partial charge in [-0.25, -0.2) is 4.79 Å². The van der Waals surface area contributed by atoms with E-state index in [4.69, 9.17) is 9.26 Å². The third-order valence-corrected chi connectivity index (χ3v) is 4.81. The number of aromatic nitrogens is 1. The molecule has 11 heteroatoms. The lowest BCUT2D eigenvalue weighted by Crippen LogP contribution is -2.46. The molecule has 28 heavy (non-hydrogen) atoms. The van der Waals surface area contributed by atoms with Gasteiger partial charge in [-0.15, -0.1) is 11.8 Å². The number of thioether (sulfide) groups is 1. The van der Waals surface area contributed by atoms with Crippen molar-refractivity contribution in [2.24, 2.45) is 0 Å². The summed E-state index contributed by atoms with van der Waals surface area (Å²) in [5, 5.41) is 11.0. The Balaban J connectivity index is 1.54. The third kappa shape index (κ3) is 8.42. The first-order valence-electron chi connectivity index (χ1n) is 8.99. The van der Waals surface area contributed by atoms with Crippen molar-refractivity contribution in [1.82, 2.24) is 15.8 Å². The molecule has 1 saturated carbocycles. The predicted molar refractivity (Wildman–Crippen MR) is 102 cm³/mol. The van der Waals surface area contributed by atoms with Crippen LogP contribution in [0.4, 0.5) is 10.6 Å². The molecule has 1 aliphatic carbocycles. The molecule has 0 aromatic carbocycles. The van der Waals surface area contributed by atoms with Crippen LogP contribution in [0, 0.1) is 6.92 Å². The number of urea groups is 1. The first kappa shape index (κ1) is 21.7. The summed E-state index contributed by atoms with van der Waals surface area (Å²) >= 11 is 1.03. The second-order valence-electron chi connectivity index (χ2n) is 6.38. The molecular weight excluding hydrogens is 388 g/mol. The molecule has 1 fully saturated rings. The molecule has 1 heterocycles. The zero-order valence-electron chi connectivity index (χ0n) is 15.6. The highest BCUT2D eigenvalue weighted by molar-refractivity contribution is 8.00. The standard InChI is InChI=1S/C17H24N4O6S/c1-11-7-13(21-27-11)19-15(23)9-28-10-16(24)26-8-14(22)20-17(25)18-12-5-3-2-4-6-12/h7,12H,2-6,8-10H2,1H3,(H,19,21,23)(H2,18,20,22,25). The maximum absolute atomic E-state index is 11.7. The van der Waals surface area contributed by atoms with Gasteiger partial charge in [0.05, 0.1) is 11.5 Å². The van der Waals surface area contributed by atoms with E-state index in [1.54, 1.807) is 13.0 Å². The summed E-state index contributed by atoms with van der Waals surface area (Å²) in [7, 11) is 0. The molecule has 1 aliphatic rings. The smallest absolute Gasteiger partial charge is 0.321 e. The number of rotatable bonds is 8. The maximum atomic E-state index is 11.7. The Hall–Kier alpha value is -2.56. The first-order chi connectivity index (χ1) is 13.4. The second-order valence-corrected chi connectivity index (χ2v) is 7.37. The Kier molecular flexibility index (Phi) is 8.79. The molecule has 1 aromatic heterocycles. The fourth-order valence-corrected chi connectivity index (χ4v) is 3.26. The average Bonchev–Trinajstić information content (AvgIpc) is 3.05. The number of hydrogen-bond acceptors (Lipinski definition) is 8. The van der Waals surface area contributed by atoms with Crippen LogP contribution in [0.15, 0.2) is 10.6 Å². The van der Waals surface area contributed by atoms with Gasteiger partial charge in [-0.3, -0.25) is 19.7 Å². The van der Waals surface area contributed by atoms with Crippen LogP contribution >= 0.6 is 11.8 Å². The van der Waals surface area contributed by atoms with Crippen molar-refractivity contribution in [1.29, 1.82) is 0 Å². The minimum atomic E-state index is -0.703. The molecule has 0 bridgehead atoms. The summed E-state index contributed by atoms with van der Waals surface area (Å²) < 4.78 is 9.61. The number of esters is 1. The highest BCUT2D eigenvalue weighted by atomic mass is 32.2. The molecule has 2 rings (SSSR count). The van der Waals surface area contributed by atoms with E-state index in [1.165, 1.54) is 0 Å². The number of nitrogens with zero attached hydrogens (tertiary/aromatic N) is 1. The van der Waals surface area contributed by atoms with Crippen LogP contribution < -0.4 is 16.0 Å². The topological polar surface area (TPSA) is 140 Å². The van der Waals surface area contributed by atoms with Crippen LogP contribution in [0.3, 0.4) is 0 Å². The predicted octanol–water partition coefficient (Wildman–Crippen LogP) is 1.36. The van der Waals surface area contributed by atoms with Gasteiger partial charge in [-0.2, -0.15) is 0 Å². The number of ether oxygens (including phenoxy) is 1. The van der Waals surface area contributed by atoms with Crippen LogP contribution in [0.1, 0.15) is 37.9 Å². The summed E-state index contributed by atoms with van der Waals surface area (Å²) in [6, 6.07) is 1.06. The van der Waals surface area contributed by atoms with E-state index in [9.17, 15) is 19.2 Å². The quantitative estimate of drug-likeness (QED) is 0.544. The number of anilines is 1. The van der Waals surface area contributed by atoms with Gasteiger partial charge in [0.15, 0.2) is 12.4 Å². The molecule has 4 amide bonds.